The van der Waals surface area contributed by atoms with Crippen LogP contribution in [-0.4, -0.2) is 31.8 Å². The molecule has 0 N–H and O–H groups in total. The highest BCUT2D eigenvalue weighted by Gasteiger charge is 2.35. The number of ether oxygens (including phenoxy) is 3. The van der Waals surface area contributed by atoms with Crippen molar-refractivity contribution in [1.82, 2.24) is 0 Å². The molecule has 1 aromatic rings. The average molecular weight is 419 g/mol. The highest BCUT2D eigenvalue weighted by Crippen LogP contribution is 2.36. The second-order valence-corrected chi connectivity index (χ2v) is 9.77. The summed E-state index contributed by atoms with van der Waals surface area (Å²) in [7, 11) is 0. The van der Waals surface area contributed by atoms with Crippen molar-refractivity contribution in [3.05, 3.63) is 35.9 Å². The van der Waals surface area contributed by atoms with E-state index in [1.807, 2.05) is 45.0 Å². The smallest absolute Gasteiger partial charge is 0.330 e. The maximum atomic E-state index is 12.5. The van der Waals surface area contributed by atoms with Crippen LogP contribution in [0.5, 0.6) is 5.75 Å². The molecule has 0 bridgehead atoms. The van der Waals surface area contributed by atoms with Crippen LogP contribution in [0.1, 0.15) is 66.9 Å². The first kappa shape index (κ1) is 25.7. The number of esters is 2. The van der Waals surface area contributed by atoms with E-state index < -0.39 is 5.97 Å². The quantitative estimate of drug-likeness (QED) is 0.278. The molecule has 30 heavy (non-hydrogen) atoms. The molecule has 0 amide bonds. The Morgan fingerprint density at radius 1 is 0.933 bits per heavy atom. The molecular formula is C25H38O5. The van der Waals surface area contributed by atoms with Crippen LogP contribution in [-0.2, 0) is 19.1 Å². The van der Waals surface area contributed by atoms with Crippen LogP contribution in [0.4, 0.5) is 0 Å². The number of benzene rings is 1. The first-order valence-electron chi connectivity index (χ1n) is 10.7. The van der Waals surface area contributed by atoms with E-state index in [0.717, 1.165) is 24.2 Å². The Morgan fingerprint density at radius 3 is 2.07 bits per heavy atom. The summed E-state index contributed by atoms with van der Waals surface area (Å²) in [6.45, 7) is 15.3. The molecule has 0 saturated carbocycles. The van der Waals surface area contributed by atoms with Crippen LogP contribution in [0.15, 0.2) is 30.3 Å². The van der Waals surface area contributed by atoms with Gasteiger partial charge in [-0.2, -0.15) is 0 Å². The maximum Gasteiger partial charge on any atom is 0.330 e. The molecular weight excluding hydrogens is 380 g/mol. The summed E-state index contributed by atoms with van der Waals surface area (Å²) >= 11 is 0. The van der Waals surface area contributed by atoms with E-state index in [1.165, 1.54) is 6.08 Å². The molecule has 0 spiro atoms. The van der Waals surface area contributed by atoms with Gasteiger partial charge in [-0.1, -0.05) is 60.6 Å². The van der Waals surface area contributed by atoms with E-state index >= 15 is 0 Å². The van der Waals surface area contributed by atoms with Crippen LogP contribution in [0.2, 0.25) is 0 Å². The molecule has 0 aliphatic carbocycles. The highest BCUT2D eigenvalue weighted by molar-refractivity contribution is 5.87. The largest absolute Gasteiger partial charge is 0.494 e. The van der Waals surface area contributed by atoms with Crippen molar-refractivity contribution in [2.24, 2.45) is 16.7 Å². The average Bonchev–Trinajstić information content (AvgIpc) is 2.65. The Kier molecular flexibility index (Phi) is 10.1. The van der Waals surface area contributed by atoms with Gasteiger partial charge in [0, 0.05) is 6.08 Å². The van der Waals surface area contributed by atoms with Gasteiger partial charge in [0.05, 0.1) is 12.5 Å². The topological polar surface area (TPSA) is 61.8 Å². The minimum atomic E-state index is -0.473. The van der Waals surface area contributed by atoms with Gasteiger partial charge in [-0.05, 0) is 47.4 Å². The fourth-order valence-electron chi connectivity index (χ4n) is 2.85. The SMILES string of the molecule is CCCOc1ccc(/C=C/C(=O)OCCOC(=O)C(CC(C)(C)C)C(C)(C)C)cc1. The maximum absolute atomic E-state index is 12.5. The van der Waals surface area contributed by atoms with Crippen LogP contribution in [0, 0.1) is 16.7 Å². The third-order valence-electron chi connectivity index (χ3n) is 4.48. The molecule has 0 aromatic heterocycles. The first-order chi connectivity index (χ1) is 13.9. The summed E-state index contributed by atoms with van der Waals surface area (Å²) in [5, 5.41) is 0. The summed E-state index contributed by atoms with van der Waals surface area (Å²) in [5.74, 6) is -0.121. The molecule has 5 nitrogen and oxygen atoms in total. The van der Waals surface area contributed by atoms with E-state index in [4.69, 9.17) is 14.2 Å². The van der Waals surface area contributed by atoms with Gasteiger partial charge in [-0.3, -0.25) is 4.79 Å². The standard InChI is InChI=1S/C25H38O5/c1-8-15-28-20-12-9-19(10-13-20)11-14-22(26)29-16-17-30-23(27)21(25(5,6)7)18-24(2,3)4/h9-14,21H,8,15-18H2,1-7H3/b14-11+. The van der Waals surface area contributed by atoms with Gasteiger partial charge >= 0.3 is 11.9 Å². The Bertz CT molecular complexity index is 690. The Labute approximate surface area is 181 Å². The van der Waals surface area contributed by atoms with Crippen LogP contribution >= 0.6 is 0 Å². The summed E-state index contributed by atoms with van der Waals surface area (Å²) in [5.41, 5.74) is 0.701. The van der Waals surface area contributed by atoms with Crippen LogP contribution < -0.4 is 4.74 Å². The van der Waals surface area contributed by atoms with Crippen molar-refractivity contribution in [3.63, 3.8) is 0 Å². The van der Waals surface area contributed by atoms with E-state index in [1.54, 1.807) is 6.08 Å². The summed E-state index contributed by atoms with van der Waals surface area (Å²) < 4.78 is 16.0. The molecule has 1 aromatic carbocycles. The fraction of sp³-hybridized carbons (Fsp3) is 0.600. The molecule has 1 atom stereocenters. The van der Waals surface area contributed by atoms with E-state index in [2.05, 4.69) is 27.7 Å². The van der Waals surface area contributed by atoms with Gasteiger partial charge < -0.3 is 14.2 Å². The number of hydrogen-bond donors (Lipinski definition) is 0. The molecule has 0 heterocycles. The van der Waals surface area contributed by atoms with E-state index in [0.29, 0.717) is 6.61 Å². The molecule has 1 unspecified atom stereocenters. The van der Waals surface area contributed by atoms with Gasteiger partial charge in [-0.25, -0.2) is 4.79 Å². The molecule has 5 heteroatoms. The van der Waals surface area contributed by atoms with Crippen LogP contribution in [0.3, 0.4) is 0 Å². The van der Waals surface area contributed by atoms with Crippen LogP contribution in [0.25, 0.3) is 6.08 Å². The molecule has 1 rings (SSSR count). The van der Waals surface area contributed by atoms with Crippen molar-refractivity contribution in [3.8, 4) is 5.75 Å². The zero-order valence-corrected chi connectivity index (χ0v) is 19.6. The van der Waals surface area contributed by atoms with Crippen molar-refractivity contribution < 1.29 is 23.8 Å². The van der Waals surface area contributed by atoms with E-state index in [-0.39, 0.29) is 35.9 Å². The van der Waals surface area contributed by atoms with Gasteiger partial charge in [0.15, 0.2) is 0 Å². The molecule has 168 valence electrons. The second kappa shape index (κ2) is 11.8. The van der Waals surface area contributed by atoms with Crippen molar-refractivity contribution in [2.75, 3.05) is 19.8 Å². The Hall–Kier alpha value is -2.30. The van der Waals surface area contributed by atoms with Gasteiger partial charge in [-0.15, -0.1) is 0 Å². The molecule has 0 fully saturated rings. The lowest BCUT2D eigenvalue weighted by molar-refractivity contribution is -0.157. The minimum absolute atomic E-state index is 0.0224. The lowest BCUT2D eigenvalue weighted by Crippen LogP contribution is -2.34. The zero-order valence-electron chi connectivity index (χ0n) is 19.6. The third-order valence-corrected chi connectivity index (χ3v) is 4.48. The highest BCUT2D eigenvalue weighted by atomic mass is 16.6. The zero-order chi connectivity index (χ0) is 22.8. The van der Waals surface area contributed by atoms with Crippen molar-refractivity contribution >= 4 is 18.0 Å². The lowest BCUT2D eigenvalue weighted by atomic mass is 9.72. The van der Waals surface area contributed by atoms with Gasteiger partial charge in [0.25, 0.3) is 0 Å². The predicted octanol–water partition coefficient (Wildman–Crippen LogP) is 5.67. The normalized spacial score (nSPS) is 13.2. The first-order valence-corrected chi connectivity index (χ1v) is 10.7. The second-order valence-electron chi connectivity index (χ2n) is 9.77. The molecule has 0 aliphatic heterocycles. The number of carbonyl (C=O) groups excluding carboxylic acids is 2. The molecule has 0 saturated heterocycles. The Balaban J connectivity index is 2.43. The van der Waals surface area contributed by atoms with Gasteiger partial charge in [0.2, 0.25) is 0 Å². The summed E-state index contributed by atoms with van der Waals surface area (Å²) in [6, 6.07) is 7.48. The number of carbonyl (C=O) groups is 2. The number of hydrogen-bond acceptors (Lipinski definition) is 5. The lowest BCUT2D eigenvalue weighted by Gasteiger charge is -2.33. The number of rotatable bonds is 10. The van der Waals surface area contributed by atoms with E-state index in [9.17, 15) is 9.59 Å². The molecule has 0 aliphatic rings. The van der Waals surface area contributed by atoms with Gasteiger partial charge in [0.1, 0.15) is 19.0 Å². The fourth-order valence-corrected chi connectivity index (χ4v) is 2.85. The molecule has 0 radical (unpaired) electrons. The Morgan fingerprint density at radius 2 is 1.53 bits per heavy atom. The monoisotopic (exact) mass is 418 g/mol. The third kappa shape index (κ3) is 10.5. The van der Waals surface area contributed by atoms with Crippen molar-refractivity contribution in [2.45, 2.75) is 61.3 Å². The minimum Gasteiger partial charge on any atom is -0.494 e. The predicted molar refractivity (Wildman–Crippen MR) is 120 cm³/mol. The summed E-state index contributed by atoms with van der Waals surface area (Å²) in [4.78, 5) is 24.4. The summed E-state index contributed by atoms with van der Waals surface area (Å²) in [6.07, 6.45) is 4.73. The van der Waals surface area contributed by atoms with Crippen molar-refractivity contribution in [1.29, 1.82) is 0 Å².